The van der Waals surface area contributed by atoms with E-state index in [0.717, 1.165) is 27.7 Å². The van der Waals surface area contributed by atoms with Gasteiger partial charge in [0.1, 0.15) is 0 Å². The van der Waals surface area contributed by atoms with Crippen LogP contribution in [0.25, 0.3) is 0 Å². The summed E-state index contributed by atoms with van der Waals surface area (Å²) >= 11 is 0. The summed E-state index contributed by atoms with van der Waals surface area (Å²) in [5.74, 6) is -5.11. The highest BCUT2D eigenvalue weighted by Crippen LogP contribution is 2.30. The van der Waals surface area contributed by atoms with Crippen LogP contribution in [0.2, 0.25) is 0 Å². The topological polar surface area (TPSA) is 198 Å². The van der Waals surface area contributed by atoms with Crippen LogP contribution in [0.5, 0.6) is 0 Å². The van der Waals surface area contributed by atoms with Gasteiger partial charge in [0.2, 0.25) is 12.4 Å². The zero-order valence-electron chi connectivity index (χ0n) is 17.8. The van der Waals surface area contributed by atoms with Gasteiger partial charge >= 0.3 is 23.9 Å². The molecule has 32 heavy (non-hydrogen) atoms. The molecular weight excluding hydrogens is 458 g/mol. The molecule has 0 aliphatic carbocycles. The van der Waals surface area contributed by atoms with Crippen LogP contribution >= 0.6 is 0 Å². The van der Waals surface area contributed by atoms with E-state index in [0.29, 0.717) is 0 Å². The Balaban J connectivity index is 3.24. The van der Waals surface area contributed by atoms with Gasteiger partial charge in [-0.25, -0.2) is 0 Å². The first-order valence-electron chi connectivity index (χ1n) is 9.28. The quantitative estimate of drug-likeness (QED) is 0.166. The average molecular weight is 483 g/mol. The van der Waals surface area contributed by atoms with Crippen LogP contribution in [0.15, 0.2) is 0 Å². The van der Waals surface area contributed by atoms with Crippen LogP contribution in [0, 0.1) is 0 Å². The first kappa shape index (κ1) is 27.3. The number of hydrogen-bond acceptors (Lipinski definition) is 12. The normalized spacial score (nSPS) is 25.2. The van der Waals surface area contributed by atoms with Crippen LogP contribution in [0.4, 0.5) is 0 Å². The summed E-state index contributed by atoms with van der Waals surface area (Å²) < 4.78 is 56.0. The van der Waals surface area contributed by atoms with Crippen molar-refractivity contribution in [2.45, 2.75) is 64.8 Å². The molecular formula is C17H25NO13S. The van der Waals surface area contributed by atoms with E-state index in [-0.39, 0.29) is 13.0 Å². The highest BCUT2D eigenvalue weighted by molar-refractivity contribution is 7.85. The largest absolute Gasteiger partial charge is 0.455 e. The lowest BCUT2D eigenvalue weighted by atomic mass is 9.97. The van der Waals surface area contributed by atoms with Gasteiger partial charge in [-0.3, -0.25) is 28.5 Å². The third-order valence-electron chi connectivity index (χ3n) is 3.82. The fourth-order valence-corrected chi connectivity index (χ4v) is 3.32. The number of hydrogen-bond donors (Lipinski definition) is 2. The van der Waals surface area contributed by atoms with Gasteiger partial charge in [0.15, 0.2) is 18.3 Å². The first-order valence-corrected chi connectivity index (χ1v) is 10.9. The molecule has 1 aliphatic heterocycles. The molecule has 1 amide bonds. The Hall–Kier alpha value is -2.78. The molecule has 1 fully saturated rings. The molecule has 0 aromatic rings. The predicted octanol–water partition coefficient (Wildman–Crippen LogP) is -1.54. The zero-order valence-corrected chi connectivity index (χ0v) is 18.6. The van der Waals surface area contributed by atoms with Crippen LogP contribution in [-0.2, 0) is 57.8 Å². The van der Waals surface area contributed by atoms with Gasteiger partial charge in [0, 0.05) is 34.2 Å². The Morgan fingerprint density at radius 1 is 0.812 bits per heavy atom. The minimum atomic E-state index is -4.25. The smallest absolute Gasteiger partial charge is 0.305 e. The number of ether oxygens (including phenoxy) is 5. The van der Waals surface area contributed by atoms with Crippen LogP contribution in [-0.4, -0.2) is 85.8 Å². The van der Waals surface area contributed by atoms with E-state index in [1.807, 2.05) is 0 Å². The van der Waals surface area contributed by atoms with Gasteiger partial charge in [0.25, 0.3) is 16.0 Å². The summed E-state index contributed by atoms with van der Waals surface area (Å²) in [6.07, 6.45) is -8.35. The van der Waals surface area contributed by atoms with Crippen molar-refractivity contribution in [2.24, 2.45) is 0 Å². The number of carbonyl (C=O) groups is 5. The lowest BCUT2D eigenvalue weighted by Gasteiger charge is -2.43. The lowest BCUT2D eigenvalue weighted by molar-refractivity contribution is -0.290. The predicted molar refractivity (Wildman–Crippen MR) is 101 cm³/mol. The monoisotopic (exact) mass is 483 g/mol. The maximum atomic E-state index is 12.7. The van der Waals surface area contributed by atoms with Crippen molar-refractivity contribution in [3.8, 4) is 0 Å². The van der Waals surface area contributed by atoms with Gasteiger partial charge < -0.3 is 29.0 Å². The summed E-state index contributed by atoms with van der Waals surface area (Å²) in [6, 6.07) is 0. The third kappa shape index (κ3) is 9.15. The zero-order chi connectivity index (χ0) is 24.6. The molecule has 0 saturated carbocycles. The minimum absolute atomic E-state index is 0.160. The van der Waals surface area contributed by atoms with Gasteiger partial charge in [-0.05, 0) is 6.42 Å². The van der Waals surface area contributed by atoms with E-state index in [4.69, 9.17) is 28.2 Å². The molecule has 1 unspecified atom stereocenters. The molecule has 0 spiro atoms. The number of amides is 1. The van der Waals surface area contributed by atoms with Crippen LogP contribution in [0.3, 0.4) is 0 Å². The van der Waals surface area contributed by atoms with Gasteiger partial charge in [-0.2, -0.15) is 8.42 Å². The molecule has 0 aromatic carbocycles. The SMILES string of the molecule is CC(=O)OC1O[C@H](C(=O)NCCCS(=O)(=O)O)[C@@H](OC(C)=O)[C@H](OC(C)=O)[C@H]1OC(C)=O. The van der Waals surface area contributed by atoms with Gasteiger partial charge in [-0.1, -0.05) is 0 Å². The molecule has 182 valence electrons. The van der Waals surface area contributed by atoms with Crippen molar-refractivity contribution >= 4 is 39.9 Å². The van der Waals surface area contributed by atoms with Gasteiger partial charge in [0.05, 0.1) is 5.75 Å². The molecule has 0 radical (unpaired) electrons. The van der Waals surface area contributed by atoms with Gasteiger partial charge in [-0.15, -0.1) is 0 Å². The Kier molecular flexibility index (Phi) is 9.99. The van der Waals surface area contributed by atoms with E-state index in [2.05, 4.69) is 5.32 Å². The molecule has 2 N–H and O–H groups in total. The second-order valence-electron chi connectivity index (χ2n) is 6.69. The fraction of sp³-hybridized carbons (Fsp3) is 0.706. The maximum Gasteiger partial charge on any atom is 0.305 e. The molecule has 1 saturated heterocycles. The summed E-state index contributed by atoms with van der Waals surface area (Å²) in [7, 11) is -4.25. The van der Waals surface area contributed by atoms with Crippen molar-refractivity contribution in [3.63, 3.8) is 0 Å². The van der Waals surface area contributed by atoms with Crippen LogP contribution < -0.4 is 5.32 Å². The summed E-state index contributed by atoms with van der Waals surface area (Å²) in [4.78, 5) is 59.0. The molecule has 1 rings (SSSR count). The summed E-state index contributed by atoms with van der Waals surface area (Å²) in [5, 5.41) is 2.31. The Labute approximate surface area is 183 Å². The molecule has 5 atom stereocenters. The Bertz CT molecular complexity index is 839. The van der Waals surface area contributed by atoms with E-state index < -0.39 is 76.4 Å². The maximum absolute atomic E-state index is 12.7. The van der Waals surface area contributed by atoms with Crippen molar-refractivity contribution < 1.29 is 60.6 Å². The highest BCUT2D eigenvalue weighted by atomic mass is 32.2. The average Bonchev–Trinajstić information content (AvgIpc) is 2.60. The second-order valence-corrected chi connectivity index (χ2v) is 8.26. The third-order valence-corrected chi connectivity index (χ3v) is 4.62. The van der Waals surface area contributed by atoms with E-state index in [9.17, 15) is 32.4 Å². The molecule has 1 aliphatic rings. The Morgan fingerprint density at radius 3 is 1.75 bits per heavy atom. The standard InChI is InChI=1S/C17H25NO13S/c1-8(19)27-12-13(28-9(2)20)15(29-10(3)21)17(30-11(4)22)31-14(12)16(23)18-6-5-7-32(24,25)26/h12-15,17H,5-7H2,1-4H3,(H,18,23)(H,24,25,26)/t12-,13-,14-,15+,17?/m0/s1. The molecule has 1 heterocycles. The number of nitrogens with one attached hydrogen (secondary N) is 1. The van der Waals surface area contributed by atoms with Crippen molar-refractivity contribution in [3.05, 3.63) is 0 Å². The molecule has 15 heteroatoms. The summed E-state index contributed by atoms with van der Waals surface area (Å²) in [6.45, 7) is 3.82. The fourth-order valence-electron chi connectivity index (χ4n) is 2.81. The number of rotatable bonds is 9. The van der Waals surface area contributed by atoms with E-state index >= 15 is 0 Å². The highest BCUT2D eigenvalue weighted by Gasteiger charge is 2.55. The molecule has 14 nitrogen and oxygen atoms in total. The number of carbonyl (C=O) groups excluding carboxylic acids is 5. The van der Waals surface area contributed by atoms with Crippen LogP contribution in [0.1, 0.15) is 34.1 Å². The van der Waals surface area contributed by atoms with Crippen molar-refractivity contribution in [2.75, 3.05) is 12.3 Å². The van der Waals surface area contributed by atoms with Crippen molar-refractivity contribution in [1.29, 1.82) is 0 Å². The summed E-state index contributed by atoms with van der Waals surface area (Å²) in [5.41, 5.74) is 0. The van der Waals surface area contributed by atoms with E-state index in [1.165, 1.54) is 0 Å². The minimum Gasteiger partial charge on any atom is -0.455 e. The second kappa shape index (κ2) is 11.7. The van der Waals surface area contributed by atoms with Crippen molar-refractivity contribution in [1.82, 2.24) is 5.32 Å². The number of esters is 4. The Morgan fingerprint density at radius 2 is 1.28 bits per heavy atom. The first-order chi connectivity index (χ1) is 14.7. The molecule has 0 aromatic heterocycles. The molecule has 0 bridgehead atoms. The lowest BCUT2D eigenvalue weighted by Crippen LogP contribution is -2.65. The van der Waals surface area contributed by atoms with E-state index in [1.54, 1.807) is 0 Å².